The molecule has 2 heterocycles. The Morgan fingerprint density at radius 3 is 1.45 bits per heavy atom. The zero-order valence-electron chi connectivity index (χ0n) is 49.7. The molecule has 15 aromatic rings. The van der Waals surface area contributed by atoms with Crippen LogP contribution in [0.4, 0.5) is 34.1 Å². The molecule has 0 amide bonds. The summed E-state index contributed by atoms with van der Waals surface area (Å²) in [6.45, 7) is 0. The van der Waals surface area contributed by atoms with Crippen LogP contribution in [0.3, 0.4) is 0 Å². The third kappa shape index (κ3) is 7.53. The highest BCUT2D eigenvalue weighted by atomic mass is 16.3. The number of furan rings is 2. The van der Waals surface area contributed by atoms with E-state index >= 15 is 0 Å². The summed E-state index contributed by atoms with van der Waals surface area (Å²) in [5.41, 5.74) is 22.8. The fourth-order valence-electron chi connectivity index (χ4n) is 17.3. The highest BCUT2D eigenvalue weighted by molar-refractivity contribution is 6.15. The lowest BCUT2D eigenvalue weighted by Crippen LogP contribution is -2.26. The van der Waals surface area contributed by atoms with Gasteiger partial charge < -0.3 is 18.6 Å². The van der Waals surface area contributed by atoms with Crippen molar-refractivity contribution in [3.05, 3.63) is 288 Å². The molecule has 89 heavy (non-hydrogen) atoms. The first kappa shape index (κ1) is 50.9. The van der Waals surface area contributed by atoms with Crippen LogP contribution < -0.4 is 9.80 Å². The molecular formula is C85H64N2O2. The van der Waals surface area contributed by atoms with Crippen molar-refractivity contribution in [3.63, 3.8) is 0 Å². The lowest BCUT2D eigenvalue weighted by molar-refractivity contribution is 0.442. The summed E-state index contributed by atoms with van der Waals surface area (Å²) in [5, 5.41) is 12.1. The highest BCUT2D eigenvalue weighted by Crippen LogP contribution is 2.66. The lowest BCUT2D eigenvalue weighted by atomic mass is 9.69. The summed E-state index contributed by atoms with van der Waals surface area (Å²) >= 11 is 0. The van der Waals surface area contributed by atoms with E-state index < -0.39 is 5.41 Å². The van der Waals surface area contributed by atoms with Gasteiger partial charge in [-0.1, -0.05) is 221 Å². The molecule has 1 atom stereocenters. The van der Waals surface area contributed by atoms with Crippen molar-refractivity contribution in [2.45, 2.75) is 81.5 Å². The van der Waals surface area contributed by atoms with Gasteiger partial charge in [-0.05, 0) is 198 Å². The van der Waals surface area contributed by atoms with E-state index in [1.54, 1.807) is 0 Å². The molecule has 1 spiro atoms. The smallest absolute Gasteiger partial charge is 0.159 e. The first-order chi connectivity index (χ1) is 44.2. The number of nitrogens with zero attached hydrogens (tertiary/aromatic N) is 2. The highest BCUT2D eigenvalue weighted by Gasteiger charge is 2.53. The second kappa shape index (κ2) is 19.9. The Labute approximate surface area is 517 Å². The van der Waals surface area contributed by atoms with Gasteiger partial charge >= 0.3 is 0 Å². The Hall–Kier alpha value is -10.2. The zero-order chi connectivity index (χ0) is 58.3. The summed E-state index contributed by atoms with van der Waals surface area (Å²) in [4.78, 5) is 4.84. The molecule has 0 saturated heterocycles. The van der Waals surface area contributed by atoms with Crippen LogP contribution in [0, 0.1) is 0 Å². The molecule has 2 aromatic heterocycles. The van der Waals surface area contributed by atoms with Gasteiger partial charge in [-0.2, -0.15) is 0 Å². The summed E-state index contributed by atoms with van der Waals surface area (Å²) in [7, 11) is 0. The summed E-state index contributed by atoms with van der Waals surface area (Å²) < 4.78 is 14.5. The first-order valence-corrected chi connectivity index (χ1v) is 32.5. The second-order valence-electron chi connectivity index (χ2n) is 25.8. The molecule has 4 aliphatic rings. The van der Waals surface area contributed by atoms with Crippen molar-refractivity contribution in [2.24, 2.45) is 0 Å². The maximum Gasteiger partial charge on any atom is 0.159 e. The topological polar surface area (TPSA) is 32.8 Å². The molecular weight excluding hydrogens is 1080 g/mol. The van der Waals surface area contributed by atoms with Crippen LogP contribution in [0.2, 0.25) is 0 Å². The molecule has 0 bridgehead atoms. The number of hydrogen-bond acceptors (Lipinski definition) is 4. The molecule has 13 aromatic carbocycles. The zero-order valence-corrected chi connectivity index (χ0v) is 49.7. The Kier molecular flexibility index (Phi) is 11.4. The van der Waals surface area contributed by atoms with Gasteiger partial charge in [0.25, 0.3) is 0 Å². The van der Waals surface area contributed by atoms with Crippen molar-refractivity contribution < 1.29 is 8.83 Å². The quantitative estimate of drug-likeness (QED) is 0.152. The minimum atomic E-state index is -0.643. The number of anilines is 6. The predicted molar refractivity (Wildman–Crippen MR) is 371 cm³/mol. The van der Waals surface area contributed by atoms with Crippen LogP contribution in [0.25, 0.3) is 98.4 Å². The lowest BCUT2D eigenvalue weighted by Gasteiger charge is -2.32. The monoisotopic (exact) mass is 1140 g/mol. The standard InChI is InChI=1S/C85H64N2O2/c1-5-21-53(22-6-1)65-32-17-34-68-70-36-19-39-77(83(70)88-81(65)68)86(59-26-9-3-10-27-59)61-44-41-56-51-73-67-46-42-57-49-62(87(60-28-11-4-12-29-60)78-40-20-37-71-69-35-18-33-66(82(69)89-84(71)78)54-23-7-2-8-24-54)45-47-64(57)80(67)85(76(73)52-58(56)50-61)74-38-16-15-31-72(74)79-63-30-14-13-25-55(63)43-48-75(79)85/h3-4,9-20,25-54H,1-2,5-8,21-24H2. The molecule has 2 fully saturated rings. The van der Waals surface area contributed by atoms with Gasteiger partial charge in [-0.25, -0.2) is 0 Å². The average Bonchev–Trinajstić information content (AvgIpc) is 1.50. The number of hydrogen-bond donors (Lipinski definition) is 0. The summed E-state index contributed by atoms with van der Waals surface area (Å²) in [5.74, 6) is 1.04. The van der Waals surface area contributed by atoms with E-state index in [0.717, 1.165) is 67.2 Å². The minimum absolute atomic E-state index is 0.519. The van der Waals surface area contributed by atoms with Gasteiger partial charge in [0.15, 0.2) is 11.2 Å². The Morgan fingerprint density at radius 1 is 0.292 bits per heavy atom. The van der Waals surface area contributed by atoms with E-state index in [2.05, 4.69) is 265 Å². The van der Waals surface area contributed by atoms with Gasteiger partial charge in [-0.15, -0.1) is 0 Å². The third-order valence-electron chi connectivity index (χ3n) is 21.2. The Morgan fingerprint density at radius 2 is 0.809 bits per heavy atom. The van der Waals surface area contributed by atoms with Crippen LogP contribution in [0.1, 0.15) is 109 Å². The number of benzene rings is 13. The fraction of sp³-hybridized carbons (Fsp3) is 0.153. The normalized spacial score (nSPS) is 16.5. The molecule has 0 N–H and O–H groups in total. The molecule has 1 unspecified atom stereocenters. The molecule has 0 aliphatic heterocycles. The van der Waals surface area contributed by atoms with Gasteiger partial charge in [0.1, 0.15) is 11.2 Å². The number of rotatable bonds is 8. The van der Waals surface area contributed by atoms with Crippen molar-refractivity contribution >= 4 is 110 Å². The van der Waals surface area contributed by atoms with Crippen LogP contribution >= 0.6 is 0 Å². The molecule has 0 radical (unpaired) electrons. The van der Waals surface area contributed by atoms with E-state index in [9.17, 15) is 0 Å². The van der Waals surface area contributed by atoms with Crippen LogP contribution in [0.5, 0.6) is 0 Å². The minimum Gasteiger partial charge on any atom is -0.454 e. The van der Waals surface area contributed by atoms with Gasteiger partial charge in [0.05, 0.1) is 16.8 Å². The summed E-state index contributed by atoms with van der Waals surface area (Å²) in [6.07, 6.45) is 12.6. The van der Waals surface area contributed by atoms with E-state index in [-0.39, 0.29) is 0 Å². The third-order valence-corrected chi connectivity index (χ3v) is 21.2. The Balaban J connectivity index is 0.817. The molecule has 4 nitrogen and oxygen atoms in total. The van der Waals surface area contributed by atoms with Gasteiger partial charge in [-0.3, -0.25) is 0 Å². The van der Waals surface area contributed by atoms with Crippen molar-refractivity contribution in [1.29, 1.82) is 0 Å². The second-order valence-corrected chi connectivity index (χ2v) is 25.8. The number of fused-ring (bicyclic) bond motifs is 21. The summed E-state index contributed by atoms with van der Waals surface area (Å²) in [6, 6.07) is 96.1. The van der Waals surface area contributed by atoms with E-state index in [4.69, 9.17) is 8.83 Å². The fourth-order valence-corrected chi connectivity index (χ4v) is 17.3. The maximum absolute atomic E-state index is 7.24. The van der Waals surface area contributed by atoms with Gasteiger partial charge in [0, 0.05) is 44.3 Å². The van der Waals surface area contributed by atoms with E-state index in [0.29, 0.717) is 11.8 Å². The average molecular weight is 1150 g/mol. The number of para-hydroxylation sites is 6. The van der Waals surface area contributed by atoms with Crippen molar-refractivity contribution in [1.82, 2.24) is 0 Å². The van der Waals surface area contributed by atoms with Crippen LogP contribution in [-0.4, -0.2) is 0 Å². The molecule has 4 heteroatoms. The van der Waals surface area contributed by atoms with E-state index in [1.807, 2.05) is 0 Å². The molecule has 426 valence electrons. The molecule has 19 rings (SSSR count). The van der Waals surface area contributed by atoms with E-state index in [1.165, 1.54) is 163 Å². The molecule has 4 aliphatic carbocycles. The van der Waals surface area contributed by atoms with Crippen LogP contribution in [-0.2, 0) is 5.41 Å². The van der Waals surface area contributed by atoms with Crippen molar-refractivity contribution in [3.8, 4) is 22.3 Å². The predicted octanol–water partition coefficient (Wildman–Crippen LogP) is 24.3. The van der Waals surface area contributed by atoms with Crippen molar-refractivity contribution in [2.75, 3.05) is 9.80 Å². The maximum atomic E-state index is 7.24. The van der Waals surface area contributed by atoms with Gasteiger partial charge in [0.2, 0.25) is 0 Å². The first-order valence-electron chi connectivity index (χ1n) is 32.5. The SMILES string of the molecule is c1ccc(N(c2ccc3cc4c(cc3c2)C2(c3ccccc3-c3c2ccc2ccccc32)c2c-4ccc3cc(N(c4ccccc4)c4cccc5c4oc4c(C6CCCCC6)cccc45)ccc23)c2cccc3c2oc2c(C4CCCCC4)cccc23)cc1. The largest absolute Gasteiger partial charge is 0.454 e. The van der Waals surface area contributed by atoms with Crippen LogP contribution in [0.15, 0.2) is 264 Å². The Bertz CT molecular complexity index is 5370. The molecule has 2 saturated carbocycles.